The molecule has 0 aliphatic heterocycles. The van der Waals surface area contributed by atoms with Crippen LogP contribution in [-0.4, -0.2) is 27.2 Å². The maximum atomic E-state index is 11.0. The van der Waals surface area contributed by atoms with Crippen molar-refractivity contribution in [3.63, 3.8) is 0 Å². The fourth-order valence-electron chi connectivity index (χ4n) is 1.49. The minimum Gasteiger partial charge on any atom is -0.370 e. The molecule has 6 heteroatoms. The SMILES string of the molecule is CCCNc1cccc(-n2ccc(C(N)=O)n2)n1. The quantitative estimate of drug-likeness (QED) is 0.828. The molecule has 0 radical (unpaired) electrons. The fourth-order valence-corrected chi connectivity index (χ4v) is 1.49. The summed E-state index contributed by atoms with van der Waals surface area (Å²) < 4.78 is 1.53. The van der Waals surface area contributed by atoms with Crippen LogP contribution in [0.4, 0.5) is 5.82 Å². The molecule has 2 aromatic rings. The topological polar surface area (TPSA) is 85.8 Å². The maximum absolute atomic E-state index is 11.0. The number of nitrogens with zero attached hydrogens (tertiary/aromatic N) is 3. The minimum absolute atomic E-state index is 0.226. The van der Waals surface area contributed by atoms with Gasteiger partial charge in [-0.3, -0.25) is 4.79 Å². The molecule has 6 nitrogen and oxygen atoms in total. The summed E-state index contributed by atoms with van der Waals surface area (Å²) in [6.07, 6.45) is 2.69. The van der Waals surface area contributed by atoms with Crippen LogP contribution in [0.15, 0.2) is 30.5 Å². The number of hydrogen-bond acceptors (Lipinski definition) is 4. The third kappa shape index (κ3) is 2.65. The molecule has 94 valence electrons. The molecule has 0 bridgehead atoms. The van der Waals surface area contributed by atoms with Gasteiger partial charge in [0.1, 0.15) is 11.5 Å². The molecule has 1 amide bonds. The lowest BCUT2D eigenvalue weighted by Gasteiger charge is -2.05. The zero-order valence-electron chi connectivity index (χ0n) is 10.1. The van der Waals surface area contributed by atoms with Crippen molar-refractivity contribution in [1.29, 1.82) is 0 Å². The molecule has 0 atom stereocenters. The van der Waals surface area contributed by atoms with Crippen LogP contribution < -0.4 is 11.1 Å². The smallest absolute Gasteiger partial charge is 0.269 e. The molecule has 0 saturated carbocycles. The summed E-state index contributed by atoms with van der Waals surface area (Å²) in [5.41, 5.74) is 5.38. The van der Waals surface area contributed by atoms with Crippen LogP contribution in [-0.2, 0) is 0 Å². The van der Waals surface area contributed by atoms with Crippen LogP contribution >= 0.6 is 0 Å². The van der Waals surface area contributed by atoms with Crippen LogP contribution in [0, 0.1) is 0 Å². The average Bonchev–Trinajstić information content (AvgIpc) is 2.86. The van der Waals surface area contributed by atoms with E-state index in [1.807, 2.05) is 18.2 Å². The lowest BCUT2D eigenvalue weighted by molar-refractivity contribution is 0.0995. The first kappa shape index (κ1) is 12.1. The van der Waals surface area contributed by atoms with Gasteiger partial charge < -0.3 is 11.1 Å². The molecule has 3 N–H and O–H groups in total. The number of carbonyl (C=O) groups is 1. The van der Waals surface area contributed by atoms with Gasteiger partial charge in [0.05, 0.1) is 0 Å². The maximum Gasteiger partial charge on any atom is 0.269 e. The molecule has 0 saturated heterocycles. The van der Waals surface area contributed by atoms with Crippen molar-refractivity contribution >= 4 is 11.7 Å². The molecule has 18 heavy (non-hydrogen) atoms. The van der Waals surface area contributed by atoms with E-state index in [0.717, 1.165) is 18.8 Å². The molecular formula is C12H15N5O. The third-order valence-electron chi connectivity index (χ3n) is 2.37. The second kappa shape index (κ2) is 5.31. The summed E-state index contributed by atoms with van der Waals surface area (Å²) in [7, 11) is 0. The van der Waals surface area contributed by atoms with E-state index >= 15 is 0 Å². The predicted octanol–water partition coefficient (Wildman–Crippen LogP) is 1.19. The zero-order valence-corrected chi connectivity index (χ0v) is 10.1. The first-order chi connectivity index (χ1) is 8.70. The van der Waals surface area contributed by atoms with Gasteiger partial charge in [-0.25, -0.2) is 9.67 Å². The number of nitrogens with two attached hydrogens (primary N) is 1. The van der Waals surface area contributed by atoms with Gasteiger partial charge >= 0.3 is 0 Å². The molecule has 0 aliphatic rings. The van der Waals surface area contributed by atoms with Crippen molar-refractivity contribution in [1.82, 2.24) is 14.8 Å². The van der Waals surface area contributed by atoms with Gasteiger partial charge in [-0.15, -0.1) is 0 Å². The van der Waals surface area contributed by atoms with Crippen molar-refractivity contribution in [3.05, 3.63) is 36.2 Å². The molecule has 0 aromatic carbocycles. The van der Waals surface area contributed by atoms with E-state index in [1.54, 1.807) is 12.3 Å². The van der Waals surface area contributed by atoms with E-state index in [9.17, 15) is 4.79 Å². The largest absolute Gasteiger partial charge is 0.370 e. The van der Waals surface area contributed by atoms with Crippen molar-refractivity contribution in [2.45, 2.75) is 13.3 Å². The lowest BCUT2D eigenvalue weighted by atomic mass is 10.4. The Kier molecular flexibility index (Phi) is 3.57. The lowest BCUT2D eigenvalue weighted by Crippen LogP contribution is -2.12. The first-order valence-electron chi connectivity index (χ1n) is 5.77. The predicted molar refractivity (Wildman–Crippen MR) is 68.7 cm³/mol. The molecule has 0 aliphatic carbocycles. The Balaban J connectivity index is 2.23. The highest BCUT2D eigenvalue weighted by Gasteiger charge is 2.06. The summed E-state index contributed by atoms with van der Waals surface area (Å²) in [4.78, 5) is 15.4. The average molecular weight is 245 g/mol. The molecule has 2 aromatic heterocycles. The van der Waals surface area contributed by atoms with Gasteiger partial charge in [-0.2, -0.15) is 5.10 Å². The number of carbonyl (C=O) groups excluding carboxylic acids is 1. The van der Waals surface area contributed by atoms with Crippen LogP contribution in [0.5, 0.6) is 0 Å². The Bertz CT molecular complexity index is 549. The van der Waals surface area contributed by atoms with Gasteiger partial charge in [0.2, 0.25) is 0 Å². The summed E-state index contributed by atoms with van der Waals surface area (Å²) in [5.74, 6) is 0.878. The zero-order chi connectivity index (χ0) is 13.0. The van der Waals surface area contributed by atoms with Gasteiger partial charge in [0.15, 0.2) is 5.82 Å². The van der Waals surface area contributed by atoms with Gasteiger partial charge in [0.25, 0.3) is 5.91 Å². The van der Waals surface area contributed by atoms with Crippen molar-refractivity contribution < 1.29 is 4.79 Å². The fraction of sp³-hybridized carbons (Fsp3) is 0.250. The highest BCUT2D eigenvalue weighted by Crippen LogP contribution is 2.09. The number of nitrogens with one attached hydrogen (secondary N) is 1. The number of aromatic nitrogens is 3. The number of hydrogen-bond donors (Lipinski definition) is 2. The van der Waals surface area contributed by atoms with Crippen molar-refractivity contribution in [3.8, 4) is 5.82 Å². The molecule has 2 rings (SSSR count). The van der Waals surface area contributed by atoms with E-state index in [2.05, 4.69) is 22.3 Å². The van der Waals surface area contributed by atoms with Gasteiger partial charge in [-0.05, 0) is 24.6 Å². The highest BCUT2D eigenvalue weighted by atomic mass is 16.1. The summed E-state index contributed by atoms with van der Waals surface area (Å²) in [5, 5.41) is 7.24. The van der Waals surface area contributed by atoms with Crippen molar-refractivity contribution in [2.75, 3.05) is 11.9 Å². The van der Waals surface area contributed by atoms with E-state index < -0.39 is 5.91 Å². The Labute approximate surface area is 105 Å². The summed E-state index contributed by atoms with van der Waals surface area (Å²) >= 11 is 0. The normalized spacial score (nSPS) is 10.3. The first-order valence-corrected chi connectivity index (χ1v) is 5.77. The summed E-state index contributed by atoms with van der Waals surface area (Å²) in [6, 6.07) is 7.15. The van der Waals surface area contributed by atoms with Crippen LogP contribution in [0.25, 0.3) is 5.82 Å². The number of anilines is 1. The number of primary amides is 1. The third-order valence-corrected chi connectivity index (χ3v) is 2.37. The van der Waals surface area contributed by atoms with E-state index in [4.69, 9.17) is 5.73 Å². The van der Waals surface area contributed by atoms with Crippen LogP contribution in [0.3, 0.4) is 0 Å². The molecule has 0 spiro atoms. The van der Waals surface area contributed by atoms with E-state index in [0.29, 0.717) is 5.82 Å². The summed E-state index contributed by atoms with van der Waals surface area (Å²) in [6.45, 7) is 2.95. The van der Waals surface area contributed by atoms with E-state index in [-0.39, 0.29) is 5.69 Å². The standard InChI is InChI=1S/C12H15N5O/c1-2-7-14-10-4-3-5-11(15-10)17-8-6-9(16-17)12(13)18/h3-6,8H,2,7H2,1H3,(H2,13,18)(H,14,15). The van der Waals surface area contributed by atoms with Gasteiger partial charge in [-0.1, -0.05) is 13.0 Å². The molecule has 2 heterocycles. The minimum atomic E-state index is -0.547. The number of pyridine rings is 1. The number of amides is 1. The van der Waals surface area contributed by atoms with Gasteiger partial charge in [0, 0.05) is 12.7 Å². The van der Waals surface area contributed by atoms with E-state index in [1.165, 1.54) is 4.68 Å². The Morgan fingerprint density at radius 2 is 2.28 bits per heavy atom. The Hall–Kier alpha value is -2.37. The molecule has 0 fully saturated rings. The van der Waals surface area contributed by atoms with Crippen molar-refractivity contribution in [2.24, 2.45) is 5.73 Å². The number of rotatable bonds is 5. The Morgan fingerprint density at radius 1 is 1.44 bits per heavy atom. The Morgan fingerprint density at radius 3 is 2.94 bits per heavy atom. The van der Waals surface area contributed by atoms with Crippen LogP contribution in [0.1, 0.15) is 23.8 Å². The van der Waals surface area contributed by atoms with Crippen LogP contribution in [0.2, 0.25) is 0 Å². The molecule has 0 unspecified atom stereocenters. The monoisotopic (exact) mass is 245 g/mol. The second-order valence-electron chi connectivity index (χ2n) is 3.82. The highest BCUT2D eigenvalue weighted by molar-refractivity contribution is 5.90. The molecular weight excluding hydrogens is 230 g/mol. The second-order valence-corrected chi connectivity index (χ2v) is 3.82.